The zero-order valence-corrected chi connectivity index (χ0v) is 15.8. The molecule has 0 aliphatic rings. The number of ether oxygens (including phenoxy) is 1. The Hall–Kier alpha value is -1.66. The fraction of sp³-hybridized carbons (Fsp3) is 0.188. The zero-order valence-electron chi connectivity index (χ0n) is 12.1. The molecule has 5 nitrogen and oxygen atoms in total. The normalized spacial score (nSPS) is 9.96. The molecule has 0 unspecified atom stereocenters. The van der Waals surface area contributed by atoms with E-state index in [0.29, 0.717) is 36.6 Å². The van der Waals surface area contributed by atoms with Crippen LogP contribution in [-0.4, -0.2) is 17.5 Å². The molecule has 2 rings (SSSR count). The molecule has 2 aromatic rings. The van der Waals surface area contributed by atoms with Crippen LogP contribution in [0, 0.1) is 14.9 Å². The molecule has 1 amide bonds. The number of carbonyl (C=O) groups excluding carboxylic acids is 1. The number of carbonyl (C=O) groups is 1. The molecule has 7 heteroatoms. The minimum atomic E-state index is -0.253. The van der Waals surface area contributed by atoms with Crippen LogP contribution in [0.25, 0.3) is 0 Å². The number of pyridine rings is 1. The van der Waals surface area contributed by atoms with Gasteiger partial charge < -0.3 is 10.1 Å². The molecule has 23 heavy (non-hydrogen) atoms. The molecule has 1 heterocycles. The van der Waals surface area contributed by atoms with Gasteiger partial charge in [0.1, 0.15) is 0 Å². The van der Waals surface area contributed by atoms with Gasteiger partial charge >= 0.3 is 0 Å². The molecular weight excluding hydrogens is 473 g/mol. The van der Waals surface area contributed by atoms with E-state index in [1.165, 1.54) is 0 Å². The third-order valence-corrected chi connectivity index (χ3v) is 4.30. The molecule has 0 saturated carbocycles. The quantitative estimate of drug-likeness (QED) is 0.486. The summed E-state index contributed by atoms with van der Waals surface area (Å²) in [5.41, 5.74) is 0.557. The van der Waals surface area contributed by atoms with Gasteiger partial charge in [-0.3, -0.25) is 4.79 Å². The lowest BCUT2D eigenvalue weighted by Crippen LogP contribution is -2.15. The highest BCUT2D eigenvalue weighted by molar-refractivity contribution is 14.1. The van der Waals surface area contributed by atoms with Crippen molar-refractivity contribution in [3.05, 3.63) is 50.1 Å². The molecule has 1 N–H and O–H groups in total. The predicted octanol–water partition coefficient (Wildman–Crippen LogP) is 4.38. The van der Waals surface area contributed by atoms with Crippen LogP contribution in [0.2, 0.25) is 0 Å². The van der Waals surface area contributed by atoms with Crippen LogP contribution in [0.3, 0.4) is 0 Å². The molecule has 0 atom stereocenters. The van der Waals surface area contributed by atoms with Crippen molar-refractivity contribution in [1.29, 1.82) is 5.26 Å². The second-order valence-corrected chi connectivity index (χ2v) is 6.62. The average molecular weight is 486 g/mol. The monoisotopic (exact) mass is 485 g/mol. The summed E-state index contributed by atoms with van der Waals surface area (Å²) in [6.07, 6.45) is 2.64. The third kappa shape index (κ3) is 5.18. The van der Waals surface area contributed by atoms with Crippen molar-refractivity contribution in [1.82, 2.24) is 4.98 Å². The fourth-order valence-electron chi connectivity index (χ4n) is 1.78. The zero-order chi connectivity index (χ0) is 16.7. The Balaban J connectivity index is 2.12. The van der Waals surface area contributed by atoms with Crippen LogP contribution in [0.5, 0.6) is 5.75 Å². The predicted molar refractivity (Wildman–Crippen MR) is 99.4 cm³/mol. The maximum Gasteiger partial charge on any atom is 0.258 e. The molecule has 118 valence electrons. The van der Waals surface area contributed by atoms with Gasteiger partial charge in [-0.15, -0.1) is 0 Å². The Morgan fingerprint density at radius 2 is 2.26 bits per heavy atom. The lowest BCUT2D eigenvalue weighted by Gasteiger charge is -2.11. The van der Waals surface area contributed by atoms with E-state index in [0.717, 1.165) is 8.04 Å². The number of hydrogen-bond donors (Lipinski definition) is 1. The van der Waals surface area contributed by atoms with Gasteiger partial charge in [0, 0.05) is 20.7 Å². The van der Waals surface area contributed by atoms with Crippen LogP contribution in [0.1, 0.15) is 23.2 Å². The van der Waals surface area contributed by atoms with Gasteiger partial charge in [-0.05, 0) is 59.3 Å². The van der Waals surface area contributed by atoms with Gasteiger partial charge in [-0.1, -0.05) is 15.9 Å². The Bertz CT molecular complexity index is 746. The highest BCUT2D eigenvalue weighted by Crippen LogP contribution is 2.24. The molecule has 0 bridgehead atoms. The number of halogens is 2. The number of nitriles is 1. The highest BCUT2D eigenvalue weighted by Gasteiger charge is 2.14. The number of benzene rings is 1. The first kappa shape index (κ1) is 17.7. The smallest absolute Gasteiger partial charge is 0.258 e. The number of aromatic nitrogens is 1. The minimum absolute atomic E-state index is 0.253. The molecule has 1 aromatic carbocycles. The standard InChI is InChI=1S/C16H13BrIN3O2/c17-11-5-6-13(18)12(10-11)16(22)21-15-14(4-3-8-20-15)23-9-2-1-7-19/h3-6,8,10H,1-2,9H2,(H,20,21,22). The van der Waals surface area contributed by atoms with Crippen molar-refractivity contribution >= 4 is 50.2 Å². The average Bonchev–Trinajstić information content (AvgIpc) is 2.55. The van der Waals surface area contributed by atoms with Crippen LogP contribution >= 0.6 is 38.5 Å². The van der Waals surface area contributed by atoms with Crippen molar-refractivity contribution in [2.24, 2.45) is 0 Å². The van der Waals surface area contributed by atoms with Crippen molar-refractivity contribution in [2.45, 2.75) is 12.8 Å². The molecule has 0 aliphatic heterocycles. The van der Waals surface area contributed by atoms with Gasteiger partial charge in [0.05, 0.1) is 18.2 Å². The number of hydrogen-bond acceptors (Lipinski definition) is 4. The summed E-state index contributed by atoms with van der Waals surface area (Å²) >= 11 is 5.47. The summed E-state index contributed by atoms with van der Waals surface area (Å²) in [7, 11) is 0. The number of rotatable bonds is 6. The first-order valence-corrected chi connectivity index (χ1v) is 8.70. The molecule has 1 aromatic heterocycles. The van der Waals surface area contributed by atoms with E-state index in [4.69, 9.17) is 10.00 Å². The van der Waals surface area contributed by atoms with Crippen molar-refractivity contribution in [2.75, 3.05) is 11.9 Å². The second kappa shape index (κ2) is 8.84. The summed E-state index contributed by atoms with van der Waals surface area (Å²) < 4.78 is 7.26. The van der Waals surface area contributed by atoms with E-state index in [1.54, 1.807) is 24.4 Å². The van der Waals surface area contributed by atoms with Crippen molar-refractivity contribution in [3.63, 3.8) is 0 Å². The minimum Gasteiger partial charge on any atom is -0.490 e. The highest BCUT2D eigenvalue weighted by atomic mass is 127. The maximum atomic E-state index is 12.4. The van der Waals surface area contributed by atoms with E-state index < -0.39 is 0 Å². The Morgan fingerprint density at radius 1 is 1.43 bits per heavy atom. The topological polar surface area (TPSA) is 75.0 Å². The first-order valence-electron chi connectivity index (χ1n) is 6.83. The molecule has 0 fully saturated rings. The molecule has 0 spiro atoms. The molecule has 0 radical (unpaired) electrons. The van der Waals surface area contributed by atoms with Gasteiger partial charge in [0.25, 0.3) is 5.91 Å². The van der Waals surface area contributed by atoms with Crippen LogP contribution in [0.4, 0.5) is 5.82 Å². The molecule has 0 aliphatic carbocycles. The van der Waals surface area contributed by atoms with E-state index in [-0.39, 0.29) is 5.91 Å². The second-order valence-electron chi connectivity index (χ2n) is 4.54. The molecule has 0 saturated heterocycles. The number of nitrogens with one attached hydrogen (secondary N) is 1. The van der Waals surface area contributed by atoms with Crippen molar-refractivity contribution in [3.8, 4) is 11.8 Å². The summed E-state index contributed by atoms with van der Waals surface area (Å²) in [6.45, 7) is 0.399. The summed E-state index contributed by atoms with van der Waals surface area (Å²) in [5.74, 6) is 0.602. The van der Waals surface area contributed by atoms with Crippen LogP contribution in [0.15, 0.2) is 41.0 Å². The SMILES string of the molecule is N#CCCCOc1cccnc1NC(=O)c1cc(Br)ccc1I. The summed E-state index contributed by atoms with van der Waals surface area (Å²) in [6, 6.07) is 11.0. The van der Waals surface area contributed by atoms with E-state index in [1.807, 2.05) is 12.1 Å². The third-order valence-electron chi connectivity index (χ3n) is 2.87. The van der Waals surface area contributed by atoms with Gasteiger partial charge in [0.2, 0.25) is 0 Å². The van der Waals surface area contributed by atoms with Gasteiger partial charge in [-0.25, -0.2) is 4.98 Å². The van der Waals surface area contributed by atoms with Crippen LogP contribution < -0.4 is 10.1 Å². The lowest BCUT2D eigenvalue weighted by molar-refractivity contribution is 0.102. The summed E-state index contributed by atoms with van der Waals surface area (Å²) in [5, 5.41) is 11.3. The summed E-state index contributed by atoms with van der Waals surface area (Å²) in [4.78, 5) is 16.6. The van der Waals surface area contributed by atoms with E-state index >= 15 is 0 Å². The lowest BCUT2D eigenvalue weighted by atomic mass is 10.2. The fourth-order valence-corrected chi connectivity index (χ4v) is 2.72. The van der Waals surface area contributed by atoms with Gasteiger partial charge in [-0.2, -0.15) is 5.26 Å². The largest absolute Gasteiger partial charge is 0.490 e. The van der Waals surface area contributed by atoms with E-state index in [9.17, 15) is 4.79 Å². The number of anilines is 1. The maximum absolute atomic E-state index is 12.4. The number of amides is 1. The number of unbranched alkanes of at least 4 members (excludes halogenated alkanes) is 1. The first-order chi connectivity index (χ1) is 11.1. The van der Waals surface area contributed by atoms with E-state index in [2.05, 4.69) is 54.9 Å². The molecular formula is C16H13BrIN3O2. The Labute approximate surface area is 156 Å². The Kier molecular flexibility index (Phi) is 6.80. The van der Waals surface area contributed by atoms with Crippen LogP contribution in [-0.2, 0) is 0 Å². The van der Waals surface area contributed by atoms with Gasteiger partial charge in [0.15, 0.2) is 11.6 Å². The number of nitrogens with zero attached hydrogens (tertiary/aromatic N) is 2. The Morgan fingerprint density at radius 3 is 3.04 bits per heavy atom. The van der Waals surface area contributed by atoms with Crippen molar-refractivity contribution < 1.29 is 9.53 Å².